The van der Waals surface area contributed by atoms with Crippen LogP contribution in [0.15, 0.2) is 293 Å². The molecule has 21 nitrogen and oxygen atoms in total. The molecule has 0 saturated heterocycles. The van der Waals surface area contributed by atoms with E-state index < -0.39 is 0 Å². The molecule has 22 aromatic heterocycles. The summed E-state index contributed by atoms with van der Waals surface area (Å²) in [6.45, 7) is 4.32. The number of thiophene rings is 3. The maximum absolute atomic E-state index is 5.49. The Bertz CT molecular complexity index is 7620. The number of nitrogens with zero attached hydrogens (tertiary/aromatic N) is 15. The van der Waals surface area contributed by atoms with Gasteiger partial charge in [0.1, 0.15) is 32.9 Å². The minimum Gasteiger partial charge on any atom is -0.535 e. The maximum atomic E-state index is 5.49. The largest absolute Gasteiger partial charge is 0.535 e. The molecule has 0 aliphatic carbocycles. The molecule has 0 fully saturated rings. The molecule has 7 aromatic carbocycles. The number of hydrogen-bond donors (Lipinski definition) is 0. The average molecular weight is 2960 g/mol. The zero-order valence-electron chi connectivity index (χ0n) is 64.5. The summed E-state index contributed by atoms with van der Waals surface area (Å²) in [7, 11) is 0. The molecule has 0 spiro atoms. The minimum absolute atomic E-state index is 0. The smallest absolute Gasteiger partial charge is 0.181 e. The number of imidazole rings is 2. The molecule has 0 aliphatic rings. The quantitative estimate of drug-likeness (QED) is 0.139. The van der Waals surface area contributed by atoms with E-state index in [2.05, 4.69) is 180 Å². The molecule has 0 unspecified atom stereocenters. The number of rotatable bonds is 1. The second-order valence-electron chi connectivity index (χ2n) is 27.7. The van der Waals surface area contributed by atoms with Gasteiger partial charge in [-0.05, 0) is 133 Å². The molecule has 0 aliphatic heterocycles. The van der Waals surface area contributed by atoms with Crippen molar-refractivity contribution in [3.63, 3.8) is 0 Å². The van der Waals surface area contributed by atoms with Crippen LogP contribution in [0.25, 0.3) is 213 Å². The van der Waals surface area contributed by atoms with E-state index in [-0.39, 0.29) is 141 Å². The van der Waals surface area contributed by atoms with Crippen LogP contribution in [0.5, 0.6) is 0 Å². The molecular formula is C94H50Ir7N15O6S4-7. The summed E-state index contributed by atoms with van der Waals surface area (Å²) in [6.07, 6.45) is 30.3. The topological polar surface area (TPSA) is 230 Å². The Morgan fingerprint density at radius 2 is 1.01 bits per heavy atom. The third-order valence-corrected chi connectivity index (χ3v) is 24.4. The number of para-hydroxylation sites is 1. The van der Waals surface area contributed by atoms with E-state index in [0.29, 0.717) is 11.2 Å². The van der Waals surface area contributed by atoms with E-state index in [0.717, 1.165) is 153 Å². The van der Waals surface area contributed by atoms with Gasteiger partial charge in [0.2, 0.25) is 0 Å². The van der Waals surface area contributed by atoms with E-state index >= 15 is 0 Å². The molecular weight excluding hydrogens is 2910 g/mol. The van der Waals surface area contributed by atoms with Gasteiger partial charge in [-0.15, -0.1) is 123 Å². The number of thiazole rings is 1. The van der Waals surface area contributed by atoms with Crippen molar-refractivity contribution in [1.82, 2.24) is 72.0 Å². The van der Waals surface area contributed by atoms with Crippen LogP contribution in [-0.2, 0) is 141 Å². The fourth-order valence-electron chi connectivity index (χ4n) is 16.1. The SMILES string of the molecule is Cc1cccc(C)c1-n1cnc2c3[c-]cccc3c3sccc3c21.[Ir].[Ir].[Ir].[Ir].[Ir].[Ir].[Ir].[c-]1ccc2c3occc3n3ccnc3n12.[c-]1ccc2c3ocnc3c3cccnc3n12.[c-]1cccc2c1c1ncoc1c1ocnc21.[c-]1ccn2c1c1ncccc1c1ncsc12.[c-]1coc2c1c1ncccc1c1occc21.[c-]1scc2c1c1ncccc1c1cscc21. The second-order valence-corrected chi connectivity index (χ2v) is 30.8. The Kier molecular flexibility index (Phi) is 26.2. The first-order valence-electron chi connectivity index (χ1n) is 37.3. The van der Waals surface area contributed by atoms with Crippen molar-refractivity contribution in [2.24, 2.45) is 0 Å². The Hall–Kier alpha value is -10.7. The monoisotopic (exact) mass is 2960 g/mol. The van der Waals surface area contributed by atoms with Crippen molar-refractivity contribution in [3.05, 3.63) is 320 Å². The fraction of sp³-hybridized carbons (Fsp3) is 0.0213. The van der Waals surface area contributed by atoms with Crippen molar-refractivity contribution in [3.8, 4) is 5.69 Å². The molecule has 0 saturated carbocycles. The Labute approximate surface area is 821 Å². The number of furan rings is 3. The zero-order valence-corrected chi connectivity index (χ0v) is 84.6. The van der Waals surface area contributed by atoms with Crippen molar-refractivity contribution in [1.29, 1.82) is 0 Å². The average Bonchev–Trinajstić information content (AvgIpc) is 1.56. The summed E-state index contributed by atoms with van der Waals surface area (Å²) in [5.74, 6) is 0.851. The zero-order chi connectivity index (χ0) is 78.8. The molecule has 32 heteroatoms. The third-order valence-electron chi connectivity index (χ3n) is 21.2. The molecule has 0 N–H and O–H groups in total. The number of aryl methyl sites for hydroxylation is 2. The molecule has 0 amide bonds. The summed E-state index contributed by atoms with van der Waals surface area (Å²) >= 11 is 6.80. The van der Waals surface area contributed by atoms with Gasteiger partial charge in [0.05, 0.1) is 52.2 Å². The number of aromatic nitrogens is 15. The normalized spacial score (nSPS) is 11.1. The summed E-state index contributed by atoms with van der Waals surface area (Å²) in [4.78, 5) is 44.9. The summed E-state index contributed by atoms with van der Waals surface area (Å²) in [6, 6.07) is 62.8. The van der Waals surface area contributed by atoms with Crippen LogP contribution in [0, 0.1) is 55.9 Å². The maximum Gasteiger partial charge on any atom is 0.181 e. The van der Waals surface area contributed by atoms with Gasteiger partial charge in [-0.2, -0.15) is 34.8 Å². The van der Waals surface area contributed by atoms with Gasteiger partial charge in [0, 0.05) is 227 Å². The summed E-state index contributed by atoms with van der Waals surface area (Å²) in [5, 5.41) is 28.8. The molecule has 631 valence electrons. The van der Waals surface area contributed by atoms with Crippen LogP contribution in [0.3, 0.4) is 0 Å². The molecule has 22 heterocycles. The van der Waals surface area contributed by atoms with Crippen LogP contribution >= 0.6 is 45.3 Å². The first kappa shape index (κ1) is 88.7. The molecule has 0 atom stereocenters. The van der Waals surface area contributed by atoms with E-state index in [4.69, 9.17) is 31.5 Å². The van der Waals surface area contributed by atoms with Gasteiger partial charge >= 0.3 is 0 Å². The van der Waals surface area contributed by atoms with Crippen LogP contribution in [0.1, 0.15) is 11.1 Å². The van der Waals surface area contributed by atoms with Crippen molar-refractivity contribution in [2.45, 2.75) is 13.8 Å². The first-order valence-corrected chi connectivity index (χ1v) is 40.9. The van der Waals surface area contributed by atoms with Crippen LogP contribution < -0.4 is 0 Å². The Morgan fingerprint density at radius 3 is 1.79 bits per heavy atom. The van der Waals surface area contributed by atoms with Crippen molar-refractivity contribution >= 4 is 252 Å². The number of pyridine rings is 6. The van der Waals surface area contributed by atoms with Crippen molar-refractivity contribution < 1.29 is 167 Å². The van der Waals surface area contributed by atoms with Crippen LogP contribution in [0.2, 0.25) is 0 Å². The van der Waals surface area contributed by atoms with Crippen LogP contribution in [0.4, 0.5) is 0 Å². The van der Waals surface area contributed by atoms with Gasteiger partial charge in [0.25, 0.3) is 0 Å². The van der Waals surface area contributed by atoms with Crippen molar-refractivity contribution in [2.75, 3.05) is 0 Å². The minimum atomic E-state index is 0. The van der Waals surface area contributed by atoms with E-state index in [9.17, 15) is 0 Å². The summed E-state index contributed by atoms with van der Waals surface area (Å²) < 4.78 is 43.9. The van der Waals surface area contributed by atoms with Crippen LogP contribution in [-0.4, -0.2) is 72.0 Å². The number of benzene rings is 7. The molecule has 29 rings (SSSR count). The number of oxazole rings is 3. The predicted molar refractivity (Wildman–Crippen MR) is 470 cm³/mol. The molecule has 126 heavy (non-hydrogen) atoms. The number of fused-ring (bicyclic) bond motifs is 42. The van der Waals surface area contributed by atoms with Gasteiger partial charge in [-0.25, -0.2) is 15.0 Å². The second kappa shape index (κ2) is 37.3. The van der Waals surface area contributed by atoms with Gasteiger partial charge < -0.3 is 63.6 Å². The Balaban J connectivity index is 0.000000108. The van der Waals surface area contributed by atoms with Gasteiger partial charge in [0.15, 0.2) is 30.3 Å². The molecule has 7 radical (unpaired) electrons. The molecule has 0 bridgehead atoms. The first-order chi connectivity index (χ1) is 59.0. The van der Waals surface area contributed by atoms with E-state index in [1.165, 1.54) is 78.5 Å². The molecule has 29 aromatic rings. The van der Waals surface area contributed by atoms with E-state index in [1.807, 2.05) is 147 Å². The van der Waals surface area contributed by atoms with Gasteiger partial charge in [-0.3, -0.25) is 31.3 Å². The fourth-order valence-corrected chi connectivity index (χ4v) is 19.5. The Morgan fingerprint density at radius 1 is 0.365 bits per heavy atom. The number of hydrogen-bond acceptors (Lipinski definition) is 20. The van der Waals surface area contributed by atoms with Gasteiger partial charge in [-0.1, -0.05) is 88.1 Å². The van der Waals surface area contributed by atoms with E-state index in [1.54, 1.807) is 88.9 Å². The summed E-state index contributed by atoms with van der Waals surface area (Å²) in [5.41, 5.74) is 23.5. The standard InChI is InChI=1S/C21H15N2S.C13H6NO2.C13H6NS2.C12H6N3O.C12H6N3S.C12H5N2O2.C11H6N3O.7Ir/c1-13-6-5-7-14(2)19(13)23-12-22-18-15-8-3-4-9-16(15)21-17(20(18)23)10-11-24-21;1-2-8-11(14-5-1)9-3-6-15-13(9)10-4-7-16-12(8)10;1-2-8-9-4-15-5-10(9)11-6-16-7-12(11)13(8)14-3-1;1-3-8-10-11(16-7-14-10)9-4-2-6-15(9)12(8)13-5-1;1-3-8-10(13-5-1)9-4-2-6-15(9)12-11(8)14-7-16-12;1-2-4-8-7(3-1)9-11(15-5-13-9)12-10(8)14-6-16-12;1-2-8-10-9(3-7-15-10)14-6-4-12-11(14)13(8)5-1;;;;;;;/h3-7,9-12H,1-2H3;1-2,4-7H;1-6H;1-5,7H;1-3,5-7H;1-3,5-6H;1-4,6-7H;;;;;;;/q7*-1;;;;;;;. The third kappa shape index (κ3) is 14.8. The predicted octanol–water partition coefficient (Wildman–Crippen LogP) is 24.2.